The molecular weight excluding hydrogens is 264 g/mol. The molecule has 2 rings (SSSR count). The van der Waals surface area contributed by atoms with E-state index in [1.807, 2.05) is 30.7 Å². The fraction of sp³-hybridized carbons (Fsp3) is 0.500. The van der Waals surface area contributed by atoms with Gasteiger partial charge in [0.15, 0.2) is 5.76 Å². The number of rotatable bonds is 6. The van der Waals surface area contributed by atoms with E-state index in [9.17, 15) is 0 Å². The SMILES string of the molecule is Cc1c(CNCc2cc(CC(C)C)no2)cc(C#N)n1C. The van der Waals surface area contributed by atoms with Gasteiger partial charge in [-0.1, -0.05) is 19.0 Å². The lowest BCUT2D eigenvalue weighted by atomic mass is 10.1. The van der Waals surface area contributed by atoms with Crippen LogP contribution < -0.4 is 5.32 Å². The predicted molar refractivity (Wildman–Crippen MR) is 80.5 cm³/mol. The van der Waals surface area contributed by atoms with E-state index in [-0.39, 0.29) is 0 Å². The largest absolute Gasteiger partial charge is 0.360 e. The summed E-state index contributed by atoms with van der Waals surface area (Å²) in [6, 6.07) is 6.12. The minimum atomic E-state index is 0.576. The molecule has 0 aliphatic heterocycles. The van der Waals surface area contributed by atoms with Crippen LogP contribution in [0.2, 0.25) is 0 Å². The molecule has 2 aromatic rings. The van der Waals surface area contributed by atoms with Gasteiger partial charge in [-0.05, 0) is 30.9 Å². The molecule has 2 aromatic heterocycles. The highest BCUT2D eigenvalue weighted by atomic mass is 16.5. The van der Waals surface area contributed by atoms with Gasteiger partial charge in [0.2, 0.25) is 0 Å². The average molecular weight is 286 g/mol. The van der Waals surface area contributed by atoms with Crippen LogP contribution in [-0.2, 0) is 26.6 Å². The lowest BCUT2D eigenvalue weighted by Gasteiger charge is -2.03. The summed E-state index contributed by atoms with van der Waals surface area (Å²) in [5, 5.41) is 16.4. The van der Waals surface area contributed by atoms with E-state index in [0.29, 0.717) is 24.7 Å². The molecular formula is C16H22N4O. The second kappa shape index (κ2) is 6.59. The first-order valence-electron chi connectivity index (χ1n) is 7.21. The van der Waals surface area contributed by atoms with Crippen molar-refractivity contribution in [3.8, 4) is 6.07 Å². The van der Waals surface area contributed by atoms with Crippen LogP contribution in [0, 0.1) is 24.2 Å². The van der Waals surface area contributed by atoms with Gasteiger partial charge in [-0.2, -0.15) is 5.26 Å². The zero-order valence-electron chi connectivity index (χ0n) is 13.1. The minimum Gasteiger partial charge on any atom is -0.360 e. The molecule has 0 unspecified atom stereocenters. The van der Waals surface area contributed by atoms with E-state index in [0.717, 1.165) is 29.1 Å². The topological polar surface area (TPSA) is 66.8 Å². The van der Waals surface area contributed by atoms with Gasteiger partial charge in [0.1, 0.15) is 11.8 Å². The molecule has 5 nitrogen and oxygen atoms in total. The van der Waals surface area contributed by atoms with Gasteiger partial charge in [0.05, 0.1) is 12.2 Å². The molecule has 0 radical (unpaired) electrons. The van der Waals surface area contributed by atoms with Crippen molar-refractivity contribution in [2.45, 2.75) is 40.3 Å². The number of hydrogen-bond donors (Lipinski definition) is 1. The van der Waals surface area contributed by atoms with Crippen molar-refractivity contribution in [3.63, 3.8) is 0 Å². The predicted octanol–water partition coefficient (Wildman–Crippen LogP) is 2.68. The highest BCUT2D eigenvalue weighted by Crippen LogP contribution is 2.14. The van der Waals surface area contributed by atoms with Gasteiger partial charge in [-0.25, -0.2) is 0 Å². The molecule has 1 N–H and O–H groups in total. The molecule has 2 heterocycles. The van der Waals surface area contributed by atoms with Crippen LogP contribution in [0.5, 0.6) is 0 Å². The van der Waals surface area contributed by atoms with Crippen LogP contribution in [0.25, 0.3) is 0 Å². The van der Waals surface area contributed by atoms with Crippen molar-refractivity contribution in [2.75, 3.05) is 0 Å². The number of nitrogens with zero attached hydrogens (tertiary/aromatic N) is 3. The quantitative estimate of drug-likeness (QED) is 0.886. The Morgan fingerprint density at radius 2 is 2.14 bits per heavy atom. The van der Waals surface area contributed by atoms with Gasteiger partial charge in [-0.3, -0.25) is 0 Å². The van der Waals surface area contributed by atoms with Crippen LogP contribution >= 0.6 is 0 Å². The lowest BCUT2D eigenvalue weighted by Crippen LogP contribution is -2.12. The number of hydrogen-bond acceptors (Lipinski definition) is 4. The molecule has 0 saturated heterocycles. The van der Waals surface area contributed by atoms with Crippen LogP contribution in [0.15, 0.2) is 16.7 Å². The normalized spacial score (nSPS) is 11.0. The van der Waals surface area contributed by atoms with E-state index in [1.54, 1.807) is 0 Å². The second-order valence-corrected chi connectivity index (χ2v) is 5.80. The maximum Gasteiger partial charge on any atom is 0.150 e. The second-order valence-electron chi connectivity index (χ2n) is 5.80. The highest BCUT2D eigenvalue weighted by molar-refractivity contribution is 5.34. The Balaban J connectivity index is 1.90. The molecule has 0 spiro atoms. The minimum absolute atomic E-state index is 0.576. The molecule has 21 heavy (non-hydrogen) atoms. The summed E-state index contributed by atoms with van der Waals surface area (Å²) >= 11 is 0. The molecule has 0 atom stereocenters. The Hall–Kier alpha value is -2.06. The van der Waals surface area contributed by atoms with Gasteiger partial charge < -0.3 is 14.4 Å². The summed E-state index contributed by atoms with van der Waals surface area (Å²) < 4.78 is 7.22. The fourth-order valence-electron chi connectivity index (χ4n) is 2.32. The van der Waals surface area contributed by atoms with Crippen LogP contribution in [0.3, 0.4) is 0 Å². The van der Waals surface area contributed by atoms with Crippen molar-refractivity contribution < 1.29 is 4.52 Å². The summed E-state index contributed by atoms with van der Waals surface area (Å²) in [6.07, 6.45) is 0.937. The first-order chi connectivity index (χ1) is 10.0. The molecule has 0 saturated carbocycles. The summed E-state index contributed by atoms with van der Waals surface area (Å²) in [5.74, 6) is 1.42. The van der Waals surface area contributed by atoms with Crippen LogP contribution in [0.4, 0.5) is 0 Å². The molecule has 0 aliphatic carbocycles. The number of nitrogens with one attached hydrogen (secondary N) is 1. The van der Waals surface area contributed by atoms with Gasteiger partial charge in [-0.15, -0.1) is 0 Å². The Bertz CT molecular complexity index is 646. The summed E-state index contributed by atoms with van der Waals surface area (Å²) in [5.41, 5.74) is 3.93. The van der Waals surface area contributed by atoms with Gasteiger partial charge >= 0.3 is 0 Å². The van der Waals surface area contributed by atoms with Gasteiger partial charge in [0, 0.05) is 25.4 Å². The van der Waals surface area contributed by atoms with E-state index in [1.165, 1.54) is 0 Å². The number of aromatic nitrogens is 2. The Morgan fingerprint density at radius 3 is 2.76 bits per heavy atom. The first kappa shape index (κ1) is 15.3. The third-order valence-corrected chi connectivity index (χ3v) is 3.59. The standard InChI is InChI=1S/C16H22N4O/c1-11(2)5-14-7-16(21-19-14)10-18-9-13-6-15(8-17)20(4)12(13)3/h6-7,11,18H,5,9-10H2,1-4H3. The molecule has 112 valence electrons. The zero-order chi connectivity index (χ0) is 15.4. The Morgan fingerprint density at radius 1 is 1.38 bits per heavy atom. The van der Waals surface area contributed by atoms with E-state index >= 15 is 0 Å². The van der Waals surface area contributed by atoms with E-state index in [4.69, 9.17) is 9.78 Å². The van der Waals surface area contributed by atoms with Gasteiger partial charge in [0.25, 0.3) is 0 Å². The monoisotopic (exact) mass is 286 g/mol. The maximum absolute atomic E-state index is 9.02. The number of nitriles is 1. The first-order valence-corrected chi connectivity index (χ1v) is 7.21. The average Bonchev–Trinajstić information content (AvgIpc) is 2.97. The Labute approximate surface area is 125 Å². The molecule has 0 bridgehead atoms. The molecule has 0 aromatic carbocycles. The van der Waals surface area contributed by atoms with E-state index < -0.39 is 0 Å². The third-order valence-electron chi connectivity index (χ3n) is 3.59. The van der Waals surface area contributed by atoms with Crippen molar-refractivity contribution in [3.05, 3.63) is 40.5 Å². The van der Waals surface area contributed by atoms with Crippen molar-refractivity contribution >= 4 is 0 Å². The molecule has 5 heteroatoms. The summed E-state index contributed by atoms with van der Waals surface area (Å²) in [6.45, 7) is 7.70. The highest BCUT2D eigenvalue weighted by Gasteiger charge is 2.09. The fourth-order valence-corrected chi connectivity index (χ4v) is 2.32. The lowest BCUT2D eigenvalue weighted by molar-refractivity contribution is 0.365. The molecule has 0 fully saturated rings. The maximum atomic E-state index is 9.02. The third kappa shape index (κ3) is 3.73. The van der Waals surface area contributed by atoms with E-state index in [2.05, 4.69) is 30.4 Å². The van der Waals surface area contributed by atoms with Crippen LogP contribution in [-0.4, -0.2) is 9.72 Å². The smallest absolute Gasteiger partial charge is 0.150 e. The molecule has 0 amide bonds. The van der Waals surface area contributed by atoms with Crippen LogP contribution in [0.1, 0.15) is 42.3 Å². The Kier molecular flexibility index (Phi) is 4.81. The van der Waals surface area contributed by atoms with Crippen molar-refractivity contribution in [1.82, 2.24) is 15.0 Å². The summed E-state index contributed by atoms with van der Waals surface area (Å²) in [7, 11) is 1.91. The van der Waals surface area contributed by atoms with Crippen molar-refractivity contribution in [2.24, 2.45) is 13.0 Å². The molecule has 0 aliphatic rings. The van der Waals surface area contributed by atoms with Crippen molar-refractivity contribution in [1.29, 1.82) is 5.26 Å². The summed E-state index contributed by atoms with van der Waals surface area (Å²) in [4.78, 5) is 0. The zero-order valence-corrected chi connectivity index (χ0v) is 13.1.